The smallest absolute Gasteiger partial charge is 0.199 e. The van der Waals surface area contributed by atoms with Gasteiger partial charge in [-0.2, -0.15) is 5.10 Å². The highest BCUT2D eigenvalue weighted by Crippen LogP contribution is 2.25. The third kappa shape index (κ3) is 5.93. The summed E-state index contributed by atoms with van der Waals surface area (Å²) in [5.74, 6) is 0.857. The molecule has 33 heavy (non-hydrogen) atoms. The summed E-state index contributed by atoms with van der Waals surface area (Å²) in [6.07, 6.45) is 2.33. The van der Waals surface area contributed by atoms with Crippen LogP contribution in [0.1, 0.15) is 44.7 Å². The standard InChI is InChI=1S/C26H33ClN4OS/c1-26(2,3)21-11-7-19(8-12-21)16-29(4)18-31-25(33)30(17-23-6-5-15-32-23)24(28-31)20-9-13-22(27)14-10-20/h7-14,23H,5-6,15-18H2,1-4H3/t23-/m0/s1. The summed E-state index contributed by atoms with van der Waals surface area (Å²) < 4.78 is 10.6. The van der Waals surface area contributed by atoms with Crippen LogP contribution in [0.3, 0.4) is 0 Å². The summed E-state index contributed by atoms with van der Waals surface area (Å²) in [7, 11) is 2.10. The second-order valence-corrected chi connectivity index (χ2v) is 10.8. The number of nitrogens with zero attached hydrogens (tertiary/aromatic N) is 4. The number of halogens is 1. The first-order valence-corrected chi connectivity index (χ1v) is 12.3. The fraction of sp³-hybridized carbons (Fsp3) is 0.462. The quantitative estimate of drug-likeness (QED) is 0.368. The molecule has 0 aliphatic carbocycles. The molecule has 0 amide bonds. The zero-order valence-electron chi connectivity index (χ0n) is 19.9. The lowest BCUT2D eigenvalue weighted by atomic mass is 9.87. The van der Waals surface area contributed by atoms with E-state index in [4.69, 9.17) is 33.7 Å². The van der Waals surface area contributed by atoms with Crippen molar-refractivity contribution < 1.29 is 4.74 Å². The van der Waals surface area contributed by atoms with Gasteiger partial charge < -0.3 is 4.74 Å². The predicted octanol–water partition coefficient (Wildman–Crippen LogP) is 6.30. The minimum absolute atomic E-state index is 0.158. The first-order chi connectivity index (χ1) is 15.7. The summed E-state index contributed by atoms with van der Waals surface area (Å²) in [5, 5.41) is 5.62. The molecule has 2 heterocycles. The van der Waals surface area contributed by atoms with Crippen LogP contribution in [-0.4, -0.2) is 39.0 Å². The van der Waals surface area contributed by atoms with Crippen molar-refractivity contribution in [2.24, 2.45) is 0 Å². The normalized spacial score (nSPS) is 16.6. The van der Waals surface area contributed by atoms with E-state index in [9.17, 15) is 0 Å². The minimum atomic E-state index is 0.158. The fourth-order valence-corrected chi connectivity index (χ4v) is 4.59. The van der Waals surface area contributed by atoms with Gasteiger partial charge in [0.15, 0.2) is 10.6 Å². The van der Waals surface area contributed by atoms with Gasteiger partial charge >= 0.3 is 0 Å². The molecule has 1 aliphatic heterocycles. The van der Waals surface area contributed by atoms with Crippen molar-refractivity contribution in [3.05, 3.63) is 69.5 Å². The van der Waals surface area contributed by atoms with Gasteiger partial charge in [-0.15, -0.1) is 0 Å². The van der Waals surface area contributed by atoms with Gasteiger partial charge in [0.1, 0.15) is 0 Å². The van der Waals surface area contributed by atoms with E-state index in [2.05, 4.69) is 61.6 Å². The molecular formula is C26H33ClN4OS. The van der Waals surface area contributed by atoms with Crippen LogP contribution in [0, 0.1) is 4.77 Å². The highest BCUT2D eigenvalue weighted by molar-refractivity contribution is 7.71. The van der Waals surface area contributed by atoms with Crippen molar-refractivity contribution >= 4 is 23.8 Å². The summed E-state index contributed by atoms with van der Waals surface area (Å²) in [5.41, 5.74) is 3.78. The second-order valence-electron chi connectivity index (χ2n) is 9.96. The van der Waals surface area contributed by atoms with Gasteiger partial charge in [-0.05, 0) is 72.9 Å². The van der Waals surface area contributed by atoms with Crippen molar-refractivity contribution in [3.8, 4) is 11.4 Å². The summed E-state index contributed by atoms with van der Waals surface area (Å²) in [4.78, 5) is 2.23. The molecule has 1 fully saturated rings. The predicted molar refractivity (Wildman–Crippen MR) is 137 cm³/mol. The fourth-order valence-electron chi connectivity index (χ4n) is 4.20. The molecule has 4 rings (SSSR count). The van der Waals surface area contributed by atoms with Gasteiger partial charge in [-0.1, -0.05) is 56.6 Å². The van der Waals surface area contributed by atoms with E-state index in [1.807, 2.05) is 28.9 Å². The van der Waals surface area contributed by atoms with E-state index < -0.39 is 0 Å². The molecule has 1 saturated heterocycles. The van der Waals surface area contributed by atoms with E-state index in [0.29, 0.717) is 16.5 Å². The molecule has 0 unspecified atom stereocenters. The lowest BCUT2D eigenvalue weighted by Gasteiger charge is -2.20. The van der Waals surface area contributed by atoms with Crippen molar-refractivity contribution in [2.75, 3.05) is 13.7 Å². The van der Waals surface area contributed by atoms with Gasteiger partial charge in [-0.25, -0.2) is 4.68 Å². The monoisotopic (exact) mass is 484 g/mol. The third-order valence-corrected chi connectivity index (χ3v) is 6.77. The number of rotatable bonds is 7. The highest BCUT2D eigenvalue weighted by atomic mass is 35.5. The minimum Gasteiger partial charge on any atom is -0.376 e. The molecule has 0 radical (unpaired) electrons. The molecule has 0 saturated carbocycles. The molecule has 176 valence electrons. The zero-order valence-corrected chi connectivity index (χ0v) is 21.5. The molecular weight excluding hydrogens is 452 g/mol. The highest BCUT2D eigenvalue weighted by Gasteiger charge is 2.21. The van der Waals surface area contributed by atoms with Crippen LogP contribution in [0.2, 0.25) is 5.02 Å². The van der Waals surface area contributed by atoms with Crippen LogP contribution in [0.15, 0.2) is 48.5 Å². The number of hydrogen-bond donors (Lipinski definition) is 0. The van der Waals surface area contributed by atoms with Crippen LogP contribution in [0.4, 0.5) is 0 Å². The van der Waals surface area contributed by atoms with Crippen molar-refractivity contribution in [1.29, 1.82) is 0 Å². The Balaban J connectivity index is 1.55. The van der Waals surface area contributed by atoms with E-state index in [-0.39, 0.29) is 11.5 Å². The molecule has 2 aromatic carbocycles. The largest absolute Gasteiger partial charge is 0.376 e. The maximum absolute atomic E-state index is 6.11. The molecule has 0 spiro atoms. The number of ether oxygens (including phenoxy) is 1. The Hall–Kier alpha value is -1.99. The topological polar surface area (TPSA) is 35.2 Å². The van der Waals surface area contributed by atoms with Crippen molar-refractivity contribution in [3.63, 3.8) is 0 Å². The molecule has 3 aromatic rings. The molecule has 1 aromatic heterocycles. The van der Waals surface area contributed by atoms with Gasteiger partial charge in [0.25, 0.3) is 0 Å². The number of aromatic nitrogens is 3. The van der Waals surface area contributed by atoms with Crippen molar-refractivity contribution in [2.45, 2.75) is 64.9 Å². The van der Waals surface area contributed by atoms with Crippen LogP contribution >= 0.6 is 23.8 Å². The molecule has 0 N–H and O–H groups in total. The first kappa shape index (κ1) is 24.1. The van der Waals surface area contributed by atoms with Crippen LogP contribution in [-0.2, 0) is 29.9 Å². The lowest BCUT2D eigenvalue weighted by Crippen LogP contribution is -2.23. The maximum Gasteiger partial charge on any atom is 0.199 e. The molecule has 1 aliphatic rings. The second kappa shape index (κ2) is 10.1. The van der Waals surface area contributed by atoms with E-state index in [1.54, 1.807) is 0 Å². The summed E-state index contributed by atoms with van der Waals surface area (Å²) in [6, 6.07) is 16.7. The Bertz CT molecular complexity index is 1120. The Morgan fingerprint density at radius 1 is 1.12 bits per heavy atom. The average Bonchev–Trinajstić information content (AvgIpc) is 3.38. The van der Waals surface area contributed by atoms with Crippen LogP contribution < -0.4 is 0 Å². The van der Waals surface area contributed by atoms with Gasteiger partial charge in [0, 0.05) is 23.7 Å². The Morgan fingerprint density at radius 3 is 2.42 bits per heavy atom. The van der Waals surface area contributed by atoms with E-state index in [0.717, 1.165) is 43.9 Å². The van der Waals surface area contributed by atoms with Gasteiger partial charge in [-0.3, -0.25) is 9.47 Å². The summed E-state index contributed by atoms with van der Waals surface area (Å²) >= 11 is 12.0. The molecule has 1 atom stereocenters. The molecule has 7 heteroatoms. The molecule has 5 nitrogen and oxygen atoms in total. The summed E-state index contributed by atoms with van der Waals surface area (Å²) in [6.45, 7) is 9.68. The number of benzene rings is 2. The molecule has 0 bridgehead atoms. The first-order valence-electron chi connectivity index (χ1n) is 11.5. The Kier molecular flexibility index (Phi) is 7.39. The van der Waals surface area contributed by atoms with E-state index >= 15 is 0 Å². The maximum atomic E-state index is 6.11. The Morgan fingerprint density at radius 2 is 1.82 bits per heavy atom. The van der Waals surface area contributed by atoms with Crippen LogP contribution in [0.5, 0.6) is 0 Å². The van der Waals surface area contributed by atoms with Crippen molar-refractivity contribution in [1.82, 2.24) is 19.2 Å². The van der Waals surface area contributed by atoms with Gasteiger partial charge in [0.05, 0.1) is 19.3 Å². The van der Waals surface area contributed by atoms with Crippen LogP contribution in [0.25, 0.3) is 11.4 Å². The SMILES string of the molecule is CN(Cc1ccc(C(C)(C)C)cc1)Cn1nc(-c2ccc(Cl)cc2)n(C[C@@H]2CCCO2)c1=S. The van der Waals surface area contributed by atoms with Gasteiger partial charge in [0.2, 0.25) is 0 Å². The third-order valence-electron chi connectivity index (χ3n) is 6.08. The Labute approximate surface area is 206 Å². The average molecular weight is 485 g/mol. The van der Waals surface area contributed by atoms with E-state index in [1.165, 1.54) is 11.1 Å². The number of hydrogen-bond acceptors (Lipinski definition) is 4. The lowest BCUT2D eigenvalue weighted by molar-refractivity contribution is 0.0967. The zero-order chi connectivity index (χ0) is 23.6.